The molecule has 0 saturated carbocycles. The topological polar surface area (TPSA) is 82.5 Å². The molecule has 0 aliphatic heterocycles. The third-order valence-electron chi connectivity index (χ3n) is 5.94. The molecule has 198 valence electrons. The Kier molecular flexibility index (Phi) is 9.25. The Morgan fingerprint density at radius 1 is 1.08 bits per heavy atom. The van der Waals surface area contributed by atoms with Crippen LogP contribution >= 0.6 is 23.4 Å². The molecule has 0 aliphatic rings. The van der Waals surface area contributed by atoms with Crippen LogP contribution in [0.3, 0.4) is 0 Å². The number of hydrogen-bond donors (Lipinski definition) is 1. The molecule has 1 N–H and O–H groups in total. The Hall–Kier alpha value is -3.56. The normalized spacial score (nSPS) is 10.9. The second-order valence-corrected chi connectivity index (χ2v) is 9.78. The summed E-state index contributed by atoms with van der Waals surface area (Å²) in [5.74, 6) is 1.07. The van der Waals surface area contributed by atoms with E-state index in [9.17, 15) is 14.0 Å². The van der Waals surface area contributed by atoms with Crippen LogP contribution in [0.5, 0.6) is 11.5 Å². The van der Waals surface area contributed by atoms with Gasteiger partial charge in [0.05, 0.1) is 25.1 Å². The van der Waals surface area contributed by atoms with Gasteiger partial charge in [0.25, 0.3) is 5.56 Å². The van der Waals surface area contributed by atoms with Crippen molar-refractivity contribution in [3.8, 4) is 11.5 Å². The molecule has 7 nitrogen and oxygen atoms in total. The number of amides is 1. The molecule has 10 heteroatoms. The maximum absolute atomic E-state index is 13.4. The second kappa shape index (κ2) is 12.8. The van der Waals surface area contributed by atoms with E-state index in [1.165, 1.54) is 28.5 Å². The van der Waals surface area contributed by atoms with Crippen molar-refractivity contribution in [3.05, 3.63) is 93.0 Å². The number of nitrogens with one attached hydrogen (secondary N) is 1. The molecule has 1 aromatic heterocycles. The number of aromatic nitrogens is 2. The van der Waals surface area contributed by atoms with Crippen LogP contribution in [0.4, 0.5) is 4.39 Å². The lowest BCUT2D eigenvalue weighted by atomic mass is 10.1. The number of fused-ring (bicyclic) bond motifs is 1. The summed E-state index contributed by atoms with van der Waals surface area (Å²) in [5.41, 5.74) is 2.07. The fourth-order valence-electron chi connectivity index (χ4n) is 3.92. The minimum Gasteiger partial charge on any atom is -0.493 e. The number of carbonyl (C=O) groups is 1. The number of thioether (sulfide) groups is 1. The highest BCUT2D eigenvalue weighted by atomic mass is 35.5. The Balaban J connectivity index is 1.43. The summed E-state index contributed by atoms with van der Waals surface area (Å²) in [5, 5.41) is 4.16. The first-order valence-electron chi connectivity index (χ1n) is 11.9. The van der Waals surface area contributed by atoms with Crippen LogP contribution in [0.2, 0.25) is 5.02 Å². The molecule has 0 spiro atoms. The lowest BCUT2D eigenvalue weighted by molar-refractivity contribution is -0.121. The van der Waals surface area contributed by atoms with E-state index < -0.39 is 5.82 Å². The standard InChI is InChI=1S/C28H27ClFN3O4S/c1-36-24-10-7-18(15-25(24)37-2)11-13-31-26(34)12-14-33-27(35)21-5-3-4-6-23(21)32-28(33)38-17-19-8-9-20(30)16-22(19)29/h3-10,15-16H,11-14,17H2,1-2H3,(H,31,34). The van der Waals surface area contributed by atoms with Gasteiger partial charge in [-0.05, 0) is 53.9 Å². The van der Waals surface area contributed by atoms with Gasteiger partial charge in [-0.2, -0.15) is 0 Å². The maximum Gasteiger partial charge on any atom is 0.262 e. The second-order valence-electron chi connectivity index (χ2n) is 8.43. The van der Waals surface area contributed by atoms with E-state index in [0.29, 0.717) is 51.3 Å². The van der Waals surface area contributed by atoms with Crippen molar-refractivity contribution in [2.45, 2.75) is 30.3 Å². The molecule has 1 amide bonds. The predicted molar refractivity (Wildman–Crippen MR) is 148 cm³/mol. The maximum atomic E-state index is 13.4. The van der Waals surface area contributed by atoms with Crippen LogP contribution in [0.1, 0.15) is 17.5 Å². The summed E-state index contributed by atoms with van der Waals surface area (Å²) >= 11 is 7.49. The van der Waals surface area contributed by atoms with Gasteiger partial charge in [0.15, 0.2) is 16.7 Å². The largest absolute Gasteiger partial charge is 0.493 e. The molecular formula is C28H27ClFN3O4S. The first-order chi connectivity index (χ1) is 18.4. The predicted octanol–water partition coefficient (Wildman–Crippen LogP) is 5.25. The van der Waals surface area contributed by atoms with Crippen LogP contribution in [0, 0.1) is 5.82 Å². The molecule has 0 saturated heterocycles. The van der Waals surface area contributed by atoms with Crippen molar-refractivity contribution in [1.82, 2.24) is 14.9 Å². The van der Waals surface area contributed by atoms with Crippen molar-refractivity contribution >= 4 is 40.2 Å². The van der Waals surface area contributed by atoms with Gasteiger partial charge in [-0.1, -0.05) is 47.6 Å². The van der Waals surface area contributed by atoms with E-state index in [4.69, 9.17) is 21.1 Å². The number of benzene rings is 3. The number of carbonyl (C=O) groups excluding carboxylic acids is 1. The Morgan fingerprint density at radius 3 is 2.63 bits per heavy atom. The van der Waals surface area contributed by atoms with E-state index in [1.807, 2.05) is 24.3 Å². The molecule has 0 atom stereocenters. The Bertz CT molecular complexity index is 1510. The lowest BCUT2D eigenvalue weighted by Gasteiger charge is -2.14. The highest BCUT2D eigenvalue weighted by molar-refractivity contribution is 7.98. The summed E-state index contributed by atoms with van der Waals surface area (Å²) in [6.07, 6.45) is 0.722. The molecule has 0 radical (unpaired) electrons. The fraction of sp³-hybridized carbons (Fsp3) is 0.250. The zero-order chi connectivity index (χ0) is 27.1. The zero-order valence-electron chi connectivity index (χ0n) is 21.0. The van der Waals surface area contributed by atoms with Crippen molar-refractivity contribution in [2.24, 2.45) is 0 Å². The SMILES string of the molecule is COc1ccc(CCNC(=O)CCn2c(SCc3ccc(F)cc3Cl)nc3ccccc3c2=O)cc1OC. The van der Waals surface area contributed by atoms with Gasteiger partial charge in [0.2, 0.25) is 5.91 Å². The van der Waals surface area contributed by atoms with Crippen LogP contribution in [-0.2, 0) is 23.5 Å². The Labute approximate surface area is 228 Å². The van der Waals surface area contributed by atoms with Crippen molar-refractivity contribution in [2.75, 3.05) is 20.8 Å². The number of halogens is 2. The molecule has 38 heavy (non-hydrogen) atoms. The summed E-state index contributed by atoms with van der Waals surface area (Å²) < 4.78 is 25.5. The molecule has 0 bridgehead atoms. The molecule has 4 rings (SSSR count). The number of methoxy groups -OCH3 is 2. The van der Waals surface area contributed by atoms with Gasteiger partial charge in [0.1, 0.15) is 5.82 Å². The zero-order valence-corrected chi connectivity index (χ0v) is 22.6. The van der Waals surface area contributed by atoms with Crippen LogP contribution < -0.4 is 20.3 Å². The highest BCUT2D eigenvalue weighted by Gasteiger charge is 2.14. The molecule has 0 fully saturated rings. The van der Waals surface area contributed by atoms with Gasteiger partial charge < -0.3 is 14.8 Å². The fourth-order valence-corrected chi connectivity index (χ4v) is 5.26. The molecular weight excluding hydrogens is 529 g/mol. The van der Waals surface area contributed by atoms with E-state index in [0.717, 1.165) is 11.1 Å². The molecule has 0 aliphatic carbocycles. The average molecular weight is 556 g/mol. The third kappa shape index (κ3) is 6.65. The Morgan fingerprint density at radius 2 is 1.87 bits per heavy atom. The number of rotatable bonds is 11. The molecule has 0 unspecified atom stereocenters. The van der Waals surface area contributed by atoms with E-state index >= 15 is 0 Å². The molecule has 3 aromatic carbocycles. The lowest BCUT2D eigenvalue weighted by Crippen LogP contribution is -2.30. The number of ether oxygens (including phenoxy) is 2. The number of para-hydroxylation sites is 1. The first kappa shape index (κ1) is 27.5. The van der Waals surface area contributed by atoms with Crippen LogP contribution in [-0.4, -0.2) is 36.2 Å². The number of nitrogens with zero attached hydrogens (tertiary/aromatic N) is 2. The summed E-state index contributed by atoms with van der Waals surface area (Å²) in [6.45, 7) is 0.599. The minimum absolute atomic E-state index is 0.108. The third-order valence-corrected chi connectivity index (χ3v) is 7.32. The summed E-state index contributed by atoms with van der Waals surface area (Å²) in [4.78, 5) is 30.6. The quantitative estimate of drug-likeness (QED) is 0.201. The van der Waals surface area contributed by atoms with Crippen LogP contribution in [0.25, 0.3) is 10.9 Å². The van der Waals surface area contributed by atoms with Gasteiger partial charge >= 0.3 is 0 Å². The van der Waals surface area contributed by atoms with Crippen molar-refractivity contribution in [1.29, 1.82) is 0 Å². The van der Waals surface area contributed by atoms with Gasteiger partial charge in [-0.25, -0.2) is 9.37 Å². The smallest absolute Gasteiger partial charge is 0.262 e. The van der Waals surface area contributed by atoms with E-state index in [2.05, 4.69) is 10.3 Å². The summed E-state index contributed by atoms with van der Waals surface area (Å²) in [7, 11) is 3.16. The first-order valence-corrected chi connectivity index (χ1v) is 13.3. The highest BCUT2D eigenvalue weighted by Crippen LogP contribution is 2.28. The van der Waals surface area contributed by atoms with Gasteiger partial charge in [-0.15, -0.1) is 0 Å². The number of hydrogen-bond acceptors (Lipinski definition) is 6. The van der Waals surface area contributed by atoms with Gasteiger partial charge in [-0.3, -0.25) is 14.2 Å². The summed E-state index contributed by atoms with van der Waals surface area (Å²) in [6, 6.07) is 16.9. The van der Waals surface area contributed by atoms with E-state index in [-0.39, 0.29) is 24.4 Å². The monoisotopic (exact) mass is 555 g/mol. The van der Waals surface area contributed by atoms with Gasteiger partial charge in [0, 0.05) is 30.3 Å². The van der Waals surface area contributed by atoms with Crippen molar-refractivity contribution in [3.63, 3.8) is 0 Å². The average Bonchev–Trinajstić information content (AvgIpc) is 2.92. The minimum atomic E-state index is -0.415. The molecule has 4 aromatic rings. The van der Waals surface area contributed by atoms with Crippen LogP contribution in [0.15, 0.2) is 70.6 Å². The molecule has 1 heterocycles. The van der Waals surface area contributed by atoms with E-state index in [1.54, 1.807) is 38.5 Å². The van der Waals surface area contributed by atoms with Crippen molar-refractivity contribution < 1.29 is 18.7 Å².